The lowest BCUT2D eigenvalue weighted by Gasteiger charge is -2.13. The lowest BCUT2D eigenvalue weighted by molar-refractivity contribution is 0.101. The van der Waals surface area contributed by atoms with Crippen molar-refractivity contribution in [2.75, 3.05) is 6.61 Å². The first-order chi connectivity index (χ1) is 10.1. The van der Waals surface area contributed by atoms with E-state index < -0.39 is 0 Å². The Balaban J connectivity index is 2.20. The molecule has 110 valence electrons. The zero-order chi connectivity index (χ0) is 15.2. The molecular formula is C18H20O3. The number of benzene rings is 2. The molecule has 0 aliphatic carbocycles. The topological polar surface area (TPSA) is 35.5 Å². The highest BCUT2D eigenvalue weighted by Gasteiger charge is 2.08. The number of rotatable bonds is 6. The van der Waals surface area contributed by atoms with E-state index in [1.165, 1.54) is 0 Å². The molecule has 0 aliphatic heterocycles. The summed E-state index contributed by atoms with van der Waals surface area (Å²) in [4.78, 5) is 11.5. The Bertz CT molecular complexity index is 632. The molecule has 0 saturated carbocycles. The largest absolute Gasteiger partial charge is 0.493 e. The third kappa shape index (κ3) is 4.09. The maximum Gasteiger partial charge on any atom is 0.159 e. The molecule has 0 bridgehead atoms. The van der Waals surface area contributed by atoms with E-state index >= 15 is 0 Å². The van der Waals surface area contributed by atoms with Crippen molar-refractivity contribution in [3.8, 4) is 11.5 Å². The lowest BCUT2D eigenvalue weighted by Crippen LogP contribution is -2.03. The van der Waals surface area contributed by atoms with Crippen molar-refractivity contribution in [3.05, 3.63) is 59.2 Å². The van der Waals surface area contributed by atoms with Crippen LogP contribution in [-0.2, 0) is 6.61 Å². The van der Waals surface area contributed by atoms with Crippen molar-refractivity contribution in [2.24, 2.45) is 0 Å². The average molecular weight is 284 g/mol. The van der Waals surface area contributed by atoms with Gasteiger partial charge in [-0.3, -0.25) is 4.79 Å². The van der Waals surface area contributed by atoms with Crippen molar-refractivity contribution in [1.82, 2.24) is 0 Å². The van der Waals surface area contributed by atoms with Gasteiger partial charge in [-0.05, 0) is 56.7 Å². The quantitative estimate of drug-likeness (QED) is 0.747. The van der Waals surface area contributed by atoms with Gasteiger partial charge >= 0.3 is 0 Å². The van der Waals surface area contributed by atoms with E-state index in [-0.39, 0.29) is 5.78 Å². The maximum atomic E-state index is 11.5. The molecule has 2 aromatic carbocycles. The van der Waals surface area contributed by atoms with Crippen LogP contribution in [-0.4, -0.2) is 12.4 Å². The Morgan fingerprint density at radius 3 is 2.57 bits per heavy atom. The second kappa shape index (κ2) is 6.93. The van der Waals surface area contributed by atoms with Gasteiger partial charge in [0.05, 0.1) is 6.61 Å². The number of hydrogen-bond acceptors (Lipinski definition) is 3. The molecule has 0 radical (unpaired) electrons. The summed E-state index contributed by atoms with van der Waals surface area (Å²) in [6, 6.07) is 13.3. The minimum Gasteiger partial charge on any atom is -0.493 e. The van der Waals surface area contributed by atoms with E-state index in [0.29, 0.717) is 18.8 Å². The minimum atomic E-state index is 0.0369. The van der Waals surface area contributed by atoms with E-state index in [4.69, 9.17) is 9.47 Å². The van der Waals surface area contributed by atoms with E-state index in [2.05, 4.69) is 0 Å². The summed E-state index contributed by atoms with van der Waals surface area (Å²) in [7, 11) is 0. The lowest BCUT2D eigenvalue weighted by atomic mass is 10.1. The first kappa shape index (κ1) is 15.1. The molecular weight excluding hydrogens is 264 g/mol. The monoisotopic (exact) mass is 284 g/mol. The van der Waals surface area contributed by atoms with Gasteiger partial charge in [-0.15, -0.1) is 0 Å². The van der Waals surface area contributed by atoms with Gasteiger partial charge in [-0.1, -0.05) is 12.1 Å². The van der Waals surface area contributed by atoms with Gasteiger partial charge in [0.25, 0.3) is 0 Å². The molecule has 3 heteroatoms. The highest BCUT2D eigenvalue weighted by molar-refractivity contribution is 5.94. The molecule has 0 heterocycles. The van der Waals surface area contributed by atoms with Crippen molar-refractivity contribution >= 4 is 5.78 Å². The van der Waals surface area contributed by atoms with E-state index in [0.717, 1.165) is 22.6 Å². The second-order valence-electron chi connectivity index (χ2n) is 4.92. The van der Waals surface area contributed by atoms with Crippen LogP contribution in [0.3, 0.4) is 0 Å². The normalized spacial score (nSPS) is 10.2. The van der Waals surface area contributed by atoms with Gasteiger partial charge in [-0.25, -0.2) is 0 Å². The summed E-state index contributed by atoms with van der Waals surface area (Å²) < 4.78 is 11.4. The van der Waals surface area contributed by atoms with E-state index in [1.807, 2.05) is 50.2 Å². The maximum absolute atomic E-state index is 11.5. The fourth-order valence-electron chi connectivity index (χ4n) is 2.07. The number of carbonyl (C=O) groups is 1. The van der Waals surface area contributed by atoms with Crippen LogP contribution in [0.2, 0.25) is 0 Å². The number of ketones is 1. The number of ether oxygens (including phenoxy) is 2. The summed E-state index contributed by atoms with van der Waals surface area (Å²) in [5, 5.41) is 0. The predicted octanol–water partition coefficient (Wildman–Crippen LogP) is 4.18. The Morgan fingerprint density at radius 1 is 1.10 bits per heavy atom. The molecule has 3 nitrogen and oxygen atoms in total. The highest BCUT2D eigenvalue weighted by Crippen LogP contribution is 2.23. The third-order valence-electron chi connectivity index (χ3n) is 3.15. The Hall–Kier alpha value is -2.29. The highest BCUT2D eigenvalue weighted by atomic mass is 16.5. The van der Waals surface area contributed by atoms with Gasteiger partial charge in [-0.2, -0.15) is 0 Å². The van der Waals surface area contributed by atoms with Gasteiger partial charge < -0.3 is 9.47 Å². The summed E-state index contributed by atoms with van der Waals surface area (Å²) in [6.45, 7) is 6.47. The van der Waals surface area contributed by atoms with Crippen LogP contribution in [0.15, 0.2) is 42.5 Å². The SMILES string of the molecule is CCOc1ccc(C(C)=O)cc1COc1cccc(C)c1. The average Bonchev–Trinajstić information content (AvgIpc) is 2.46. The fourth-order valence-corrected chi connectivity index (χ4v) is 2.07. The third-order valence-corrected chi connectivity index (χ3v) is 3.15. The zero-order valence-electron chi connectivity index (χ0n) is 12.7. The molecule has 0 aliphatic rings. The van der Waals surface area contributed by atoms with Gasteiger partial charge in [0, 0.05) is 11.1 Å². The molecule has 0 amide bonds. The molecule has 2 rings (SSSR count). The Morgan fingerprint density at radius 2 is 1.90 bits per heavy atom. The molecule has 0 saturated heterocycles. The summed E-state index contributed by atoms with van der Waals surface area (Å²) in [5.41, 5.74) is 2.70. The van der Waals surface area contributed by atoms with Gasteiger partial charge in [0.15, 0.2) is 5.78 Å². The standard InChI is InChI=1S/C18H20O3/c1-4-20-18-9-8-15(14(3)19)11-16(18)12-21-17-7-5-6-13(2)10-17/h5-11H,4,12H2,1-3H3. The molecule has 21 heavy (non-hydrogen) atoms. The summed E-state index contributed by atoms with van der Waals surface area (Å²) in [6.07, 6.45) is 0. The molecule has 0 N–H and O–H groups in total. The second-order valence-corrected chi connectivity index (χ2v) is 4.92. The Kier molecular flexibility index (Phi) is 4.99. The predicted molar refractivity (Wildman–Crippen MR) is 83.1 cm³/mol. The van der Waals surface area contributed by atoms with Gasteiger partial charge in [0.2, 0.25) is 0 Å². The first-order valence-electron chi connectivity index (χ1n) is 7.06. The van der Waals surface area contributed by atoms with Crippen LogP contribution >= 0.6 is 0 Å². The van der Waals surface area contributed by atoms with Crippen LogP contribution < -0.4 is 9.47 Å². The zero-order valence-corrected chi connectivity index (χ0v) is 12.7. The van der Waals surface area contributed by atoms with Crippen molar-refractivity contribution in [3.63, 3.8) is 0 Å². The first-order valence-corrected chi connectivity index (χ1v) is 7.06. The molecule has 0 fully saturated rings. The summed E-state index contributed by atoms with van der Waals surface area (Å²) >= 11 is 0. The minimum absolute atomic E-state index is 0.0369. The van der Waals surface area contributed by atoms with Crippen LogP contribution in [0, 0.1) is 6.92 Å². The van der Waals surface area contributed by atoms with Crippen LogP contribution in [0.25, 0.3) is 0 Å². The number of aryl methyl sites for hydroxylation is 1. The molecule has 0 aromatic heterocycles. The molecule has 0 unspecified atom stereocenters. The number of hydrogen-bond donors (Lipinski definition) is 0. The van der Waals surface area contributed by atoms with Crippen LogP contribution in [0.5, 0.6) is 11.5 Å². The van der Waals surface area contributed by atoms with Crippen LogP contribution in [0.1, 0.15) is 35.3 Å². The smallest absolute Gasteiger partial charge is 0.159 e. The number of carbonyl (C=O) groups excluding carboxylic acids is 1. The number of Topliss-reactive ketones (excluding diaryl/α,β-unsaturated/α-hetero) is 1. The fraction of sp³-hybridized carbons (Fsp3) is 0.278. The van der Waals surface area contributed by atoms with Crippen molar-refractivity contribution < 1.29 is 14.3 Å². The van der Waals surface area contributed by atoms with E-state index in [9.17, 15) is 4.79 Å². The van der Waals surface area contributed by atoms with Crippen LogP contribution in [0.4, 0.5) is 0 Å². The van der Waals surface area contributed by atoms with Crippen molar-refractivity contribution in [1.29, 1.82) is 0 Å². The summed E-state index contributed by atoms with van der Waals surface area (Å²) in [5.74, 6) is 1.61. The van der Waals surface area contributed by atoms with Crippen molar-refractivity contribution in [2.45, 2.75) is 27.4 Å². The van der Waals surface area contributed by atoms with E-state index in [1.54, 1.807) is 13.0 Å². The molecule has 2 aromatic rings. The Labute approximate surface area is 125 Å². The molecule has 0 spiro atoms. The van der Waals surface area contributed by atoms with Gasteiger partial charge in [0.1, 0.15) is 18.1 Å². The molecule has 0 atom stereocenters.